The van der Waals surface area contributed by atoms with Crippen molar-refractivity contribution in [1.29, 1.82) is 0 Å². The van der Waals surface area contributed by atoms with Gasteiger partial charge < -0.3 is 14.6 Å². The summed E-state index contributed by atoms with van der Waals surface area (Å²) >= 11 is 0. The fraction of sp³-hybridized carbons (Fsp3) is 0.700. The van der Waals surface area contributed by atoms with Crippen LogP contribution in [0.25, 0.3) is 0 Å². The van der Waals surface area contributed by atoms with Gasteiger partial charge in [0.2, 0.25) is 0 Å². The maximum atomic E-state index is 5.48. The van der Waals surface area contributed by atoms with Crippen molar-refractivity contribution in [2.24, 2.45) is 0 Å². The minimum absolute atomic E-state index is 0.297. The van der Waals surface area contributed by atoms with Crippen LogP contribution in [0.2, 0.25) is 0 Å². The van der Waals surface area contributed by atoms with Crippen LogP contribution in [0.1, 0.15) is 19.7 Å². The Balaban J connectivity index is 2.37. The number of aromatic nitrogens is 2. The van der Waals surface area contributed by atoms with Crippen LogP contribution in [0.15, 0.2) is 12.4 Å². The smallest absolute Gasteiger partial charge is 0.122 e. The molecular weight excluding hydrogens is 178 g/mol. The number of nitrogens with zero attached hydrogens (tertiary/aromatic N) is 2. The van der Waals surface area contributed by atoms with Gasteiger partial charge in [-0.2, -0.15) is 0 Å². The van der Waals surface area contributed by atoms with Crippen molar-refractivity contribution in [3.05, 3.63) is 18.2 Å². The van der Waals surface area contributed by atoms with E-state index in [0.717, 1.165) is 25.5 Å². The zero-order valence-electron chi connectivity index (χ0n) is 9.16. The summed E-state index contributed by atoms with van der Waals surface area (Å²) in [7, 11) is 1.92. The Kier molecular flexibility index (Phi) is 4.62. The second kappa shape index (κ2) is 5.78. The van der Waals surface area contributed by atoms with Crippen LogP contribution in [0.5, 0.6) is 0 Å². The highest BCUT2D eigenvalue weighted by atomic mass is 16.5. The van der Waals surface area contributed by atoms with Gasteiger partial charge >= 0.3 is 0 Å². The highest BCUT2D eigenvalue weighted by molar-refractivity contribution is 4.91. The van der Waals surface area contributed by atoms with E-state index >= 15 is 0 Å². The molecule has 0 saturated heterocycles. The van der Waals surface area contributed by atoms with Crippen LogP contribution < -0.4 is 5.32 Å². The summed E-state index contributed by atoms with van der Waals surface area (Å²) in [4.78, 5) is 4.25. The number of imidazole rings is 1. The molecule has 0 bridgehead atoms. The summed E-state index contributed by atoms with van der Waals surface area (Å²) in [5, 5.41) is 3.09. The van der Waals surface area contributed by atoms with Crippen LogP contribution in [-0.4, -0.2) is 29.3 Å². The molecular formula is C10H19N3O. The molecule has 0 fully saturated rings. The van der Waals surface area contributed by atoms with E-state index in [4.69, 9.17) is 4.74 Å². The van der Waals surface area contributed by atoms with Crippen molar-refractivity contribution in [3.63, 3.8) is 0 Å². The normalized spacial score (nSPS) is 11.1. The zero-order chi connectivity index (χ0) is 10.4. The van der Waals surface area contributed by atoms with Crippen molar-refractivity contribution >= 4 is 0 Å². The van der Waals surface area contributed by atoms with Gasteiger partial charge in [-0.15, -0.1) is 0 Å². The van der Waals surface area contributed by atoms with E-state index in [-0.39, 0.29) is 0 Å². The standard InChI is InChI=1S/C10H19N3O/c1-9(2)14-7-6-13-5-4-12-10(13)8-11-3/h4-5,9,11H,6-8H2,1-3H3. The van der Waals surface area contributed by atoms with Crippen LogP contribution >= 0.6 is 0 Å². The monoisotopic (exact) mass is 197 g/mol. The Morgan fingerprint density at radius 1 is 1.57 bits per heavy atom. The number of ether oxygens (including phenoxy) is 1. The molecule has 0 radical (unpaired) electrons. The Morgan fingerprint density at radius 2 is 2.36 bits per heavy atom. The zero-order valence-corrected chi connectivity index (χ0v) is 9.16. The summed E-state index contributed by atoms with van der Waals surface area (Å²) < 4.78 is 7.59. The lowest BCUT2D eigenvalue weighted by Crippen LogP contribution is -2.15. The average Bonchev–Trinajstić information content (AvgIpc) is 2.53. The fourth-order valence-corrected chi connectivity index (χ4v) is 1.26. The second-order valence-electron chi connectivity index (χ2n) is 3.49. The van der Waals surface area contributed by atoms with Gasteiger partial charge in [0.15, 0.2) is 0 Å². The summed E-state index contributed by atoms with van der Waals surface area (Å²) in [6.07, 6.45) is 4.10. The van der Waals surface area contributed by atoms with Crippen LogP contribution in [0, 0.1) is 0 Å². The predicted octanol–water partition coefficient (Wildman–Crippen LogP) is 1.03. The number of hydrogen-bond donors (Lipinski definition) is 1. The molecule has 80 valence electrons. The molecule has 1 aromatic rings. The third-order valence-corrected chi connectivity index (χ3v) is 1.92. The van der Waals surface area contributed by atoms with Crippen molar-refractivity contribution < 1.29 is 4.74 Å². The molecule has 1 heterocycles. The van der Waals surface area contributed by atoms with Gasteiger partial charge in [0.1, 0.15) is 5.82 Å². The van der Waals surface area contributed by atoms with Crippen LogP contribution in [0.4, 0.5) is 0 Å². The summed E-state index contributed by atoms with van der Waals surface area (Å²) in [5.74, 6) is 1.06. The van der Waals surface area contributed by atoms with E-state index in [2.05, 4.69) is 14.9 Å². The first-order valence-corrected chi connectivity index (χ1v) is 5.00. The third kappa shape index (κ3) is 3.47. The first-order valence-electron chi connectivity index (χ1n) is 5.00. The summed E-state index contributed by atoms with van der Waals surface area (Å²) in [5.41, 5.74) is 0. The van der Waals surface area contributed by atoms with Crippen molar-refractivity contribution in [1.82, 2.24) is 14.9 Å². The van der Waals surface area contributed by atoms with Crippen LogP contribution in [0.3, 0.4) is 0 Å². The molecule has 0 atom stereocenters. The molecule has 0 aliphatic carbocycles. The summed E-state index contributed by atoms with van der Waals surface area (Å²) in [6, 6.07) is 0. The lowest BCUT2D eigenvalue weighted by atomic mass is 10.5. The molecule has 0 spiro atoms. The average molecular weight is 197 g/mol. The first kappa shape index (κ1) is 11.2. The maximum Gasteiger partial charge on any atom is 0.122 e. The predicted molar refractivity (Wildman–Crippen MR) is 56.1 cm³/mol. The molecule has 0 saturated carbocycles. The Labute approximate surface area is 85.3 Å². The van der Waals surface area contributed by atoms with Crippen molar-refractivity contribution in [2.75, 3.05) is 13.7 Å². The molecule has 0 aliphatic rings. The molecule has 1 rings (SSSR count). The van der Waals surface area contributed by atoms with E-state index in [0.29, 0.717) is 6.10 Å². The summed E-state index contributed by atoms with van der Waals surface area (Å²) in [6.45, 7) is 6.50. The lowest BCUT2D eigenvalue weighted by Gasteiger charge is -2.10. The Morgan fingerprint density at radius 3 is 3.00 bits per heavy atom. The molecule has 14 heavy (non-hydrogen) atoms. The minimum atomic E-state index is 0.297. The lowest BCUT2D eigenvalue weighted by molar-refractivity contribution is 0.0723. The molecule has 1 N–H and O–H groups in total. The van der Waals surface area contributed by atoms with Gasteiger partial charge in [-0.25, -0.2) is 4.98 Å². The highest BCUT2D eigenvalue weighted by Gasteiger charge is 2.01. The van der Waals surface area contributed by atoms with E-state index in [1.807, 2.05) is 33.3 Å². The van der Waals surface area contributed by atoms with Gasteiger partial charge in [0.25, 0.3) is 0 Å². The van der Waals surface area contributed by atoms with Gasteiger partial charge in [-0.05, 0) is 20.9 Å². The largest absolute Gasteiger partial charge is 0.377 e. The molecule has 0 amide bonds. The Hall–Kier alpha value is -0.870. The molecule has 1 aromatic heterocycles. The molecule has 4 heteroatoms. The minimum Gasteiger partial charge on any atom is -0.377 e. The molecule has 4 nitrogen and oxygen atoms in total. The van der Waals surface area contributed by atoms with Crippen molar-refractivity contribution in [3.8, 4) is 0 Å². The SMILES string of the molecule is CNCc1nccn1CCOC(C)C. The first-order chi connectivity index (χ1) is 6.74. The fourth-order valence-electron chi connectivity index (χ4n) is 1.26. The highest BCUT2D eigenvalue weighted by Crippen LogP contribution is 1.98. The molecule has 0 unspecified atom stereocenters. The maximum absolute atomic E-state index is 5.48. The Bertz CT molecular complexity index is 258. The van der Waals surface area contributed by atoms with E-state index in [1.54, 1.807) is 0 Å². The van der Waals surface area contributed by atoms with Gasteiger partial charge in [0, 0.05) is 18.9 Å². The van der Waals surface area contributed by atoms with E-state index in [9.17, 15) is 0 Å². The van der Waals surface area contributed by atoms with Crippen molar-refractivity contribution in [2.45, 2.75) is 33.0 Å². The van der Waals surface area contributed by atoms with E-state index in [1.165, 1.54) is 0 Å². The number of rotatable bonds is 6. The topological polar surface area (TPSA) is 39.1 Å². The van der Waals surface area contributed by atoms with Gasteiger partial charge in [-0.3, -0.25) is 0 Å². The second-order valence-corrected chi connectivity index (χ2v) is 3.49. The van der Waals surface area contributed by atoms with Gasteiger partial charge in [0.05, 0.1) is 19.3 Å². The number of hydrogen-bond acceptors (Lipinski definition) is 3. The third-order valence-electron chi connectivity index (χ3n) is 1.92. The molecule has 0 aliphatic heterocycles. The number of nitrogens with one attached hydrogen (secondary N) is 1. The quantitative estimate of drug-likeness (QED) is 0.740. The van der Waals surface area contributed by atoms with E-state index < -0.39 is 0 Å². The van der Waals surface area contributed by atoms with Gasteiger partial charge in [-0.1, -0.05) is 0 Å². The van der Waals surface area contributed by atoms with Crippen LogP contribution in [-0.2, 0) is 17.8 Å². The molecule has 0 aromatic carbocycles.